The number of aliphatic carboxylic acids is 1. The number of methoxy groups -OCH3 is 1. The Kier molecular flexibility index (Phi) is 6.22. The normalized spacial score (nSPS) is 18.7. The molecule has 7 nitrogen and oxygen atoms in total. The molecule has 0 aliphatic carbocycles. The Labute approximate surface area is 134 Å². The van der Waals surface area contributed by atoms with Gasteiger partial charge >= 0.3 is 5.97 Å². The third-order valence-electron chi connectivity index (χ3n) is 3.68. The maximum absolute atomic E-state index is 12.0. The highest BCUT2D eigenvalue weighted by Crippen LogP contribution is 2.25. The Morgan fingerprint density at radius 3 is 2.74 bits per heavy atom. The van der Waals surface area contributed by atoms with Crippen molar-refractivity contribution in [2.45, 2.75) is 18.9 Å². The summed E-state index contributed by atoms with van der Waals surface area (Å²) in [6.07, 6.45) is 1.51. The van der Waals surface area contributed by atoms with Crippen LogP contribution < -0.4 is 14.8 Å². The van der Waals surface area contributed by atoms with Crippen molar-refractivity contribution in [3.63, 3.8) is 0 Å². The van der Waals surface area contributed by atoms with Gasteiger partial charge in [-0.2, -0.15) is 0 Å². The molecule has 0 aromatic heterocycles. The van der Waals surface area contributed by atoms with Gasteiger partial charge in [-0.3, -0.25) is 4.79 Å². The average Bonchev–Trinajstić information content (AvgIpc) is 2.58. The second-order valence-electron chi connectivity index (χ2n) is 5.30. The monoisotopic (exact) mass is 323 g/mol. The molecule has 2 N–H and O–H groups in total. The predicted octanol–water partition coefficient (Wildman–Crippen LogP) is 1.07. The SMILES string of the molecule is COc1ccccc1OCC(=O)NC(C(=O)O)C1CCCOC1. The fraction of sp³-hybridized carbons (Fsp3) is 0.500. The van der Waals surface area contributed by atoms with Gasteiger partial charge in [0.25, 0.3) is 5.91 Å². The van der Waals surface area contributed by atoms with Gasteiger partial charge in [-0.05, 0) is 25.0 Å². The molecule has 0 saturated carbocycles. The first-order valence-electron chi connectivity index (χ1n) is 7.47. The van der Waals surface area contributed by atoms with Crippen LogP contribution in [0.15, 0.2) is 24.3 Å². The summed E-state index contributed by atoms with van der Waals surface area (Å²) in [5.74, 6) is -0.842. The third kappa shape index (κ3) is 4.85. The zero-order valence-corrected chi connectivity index (χ0v) is 13.0. The number of ether oxygens (including phenoxy) is 3. The number of nitrogens with one attached hydrogen (secondary N) is 1. The van der Waals surface area contributed by atoms with Crippen molar-refractivity contribution >= 4 is 11.9 Å². The van der Waals surface area contributed by atoms with Crippen LogP contribution in [0.1, 0.15) is 12.8 Å². The van der Waals surface area contributed by atoms with Gasteiger partial charge in [-0.15, -0.1) is 0 Å². The van der Waals surface area contributed by atoms with Crippen molar-refractivity contribution < 1.29 is 28.9 Å². The molecule has 1 aromatic rings. The summed E-state index contributed by atoms with van der Waals surface area (Å²) in [5.41, 5.74) is 0. The van der Waals surface area contributed by atoms with Gasteiger partial charge in [0, 0.05) is 12.5 Å². The van der Waals surface area contributed by atoms with Crippen LogP contribution >= 0.6 is 0 Å². The summed E-state index contributed by atoms with van der Waals surface area (Å²) in [6.45, 7) is 0.691. The fourth-order valence-corrected chi connectivity index (χ4v) is 2.51. The standard InChI is InChI=1S/C16H21NO6/c1-21-12-6-2-3-7-13(12)23-10-14(18)17-15(16(19)20)11-5-4-8-22-9-11/h2-3,6-7,11,15H,4-5,8-10H2,1H3,(H,17,18)(H,19,20). The zero-order valence-electron chi connectivity index (χ0n) is 13.0. The number of hydrogen-bond donors (Lipinski definition) is 2. The summed E-state index contributed by atoms with van der Waals surface area (Å²) < 4.78 is 15.8. The predicted molar refractivity (Wildman–Crippen MR) is 81.6 cm³/mol. The fourth-order valence-electron chi connectivity index (χ4n) is 2.51. The van der Waals surface area contributed by atoms with E-state index >= 15 is 0 Å². The van der Waals surface area contributed by atoms with E-state index < -0.39 is 17.9 Å². The number of para-hydroxylation sites is 2. The maximum atomic E-state index is 12.0. The van der Waals surface area contributed by atoms with E-state index in [4.69, 9.17) is 14.2 Å². The molecular formula is C16H21NO6. The van der Waals surface area contributed by atoms with E-state index in [0.29, 0.717) is 31.1 Å². The summed E-state index contributed by atoms with van der Waals surface area (Å²) in [7, 11) is 1.51. The third-order valence-corrected chi connectivity index (χ3v) is 3.68. The number of carbonyl (C=O) groups excluding carboxylic acids is 1. The van der Waals surface area contributed by atoms with Crippen molar-refractivity contribution in [2.24, 2.45) is 5.92 Å². The molecule has 0 radical (unpaired) electrons. The Bertz CT molecular complexity index is 541. The van der Waals surface area contributed by atoms with Crippen molar-refractivity contribution in [3.8, 4) is 11.5 Å². The number of benzene rings is 1. The average molecular weight is 323 g/mol. The molecule has 1 amide bonds. The molecule has 1 aliphatic rings. The molecular weight excluding hydrogens is 302 g/mol. The summed E-state index contributed by atoms with van der Waals surface area (Å²) >= 11 is 0. The quantitative estimate of drug-likeness (QED) is 0.779. The van der Waals surface area contributed by atoms with Crippen molar-refractivity contribution in [1.82, 2.24) is 5.32 Å². The minimum atomic E-state index is -1.06. The zero-order chi connectivity index (χ0) is 16.7. The summed E-state index contributed by atoms with van der Waals surface area (Å²) in [5, 5.41) is 11.8. The van der Waals surface area contributed by atoms with Crippen LogP contribution in [-0.2, 0) is 14.3 Å². The molecule has 1 heterocycles. The number of hydrogen-bond acceptors (Lipinski definition) is 5. The van der Waals surface area contributed by atoms with Crippen LogP contribution in [0.25, 0.3) is 0 Å². The van der Waals surface area contributed by atoms with Gasteiger partial charge in [0.05, 0.1) is 13.7 Å². The van der Waals surface area contributed by atoms with E-state index in [1.807, 2.05) is 0 Å². The summed E-state index contributed by atoms with van der Waals surface area (Å²) in [6, 6.07) is 5.97. The Hall–Kier alpha value is -2.28. The number of carboxylic acids is 1. The van der Waals surface area contributed by atoms with Gasteiger partial charge in [-0.25, -0.2) is 4.79 Å². The molecule has 0 spiro atoms. The van der Waals surface area contributed by atoms with Crippen molar-refractivity contribution in [1.29, 1.82) is 0 Å². The molecule has 2 rings (SSSR count). The molecule has 7 heteroatoms. The van der Waals surface area contributed by atoms with Gasteiger partial charge in [0.15, 0.2) is 18.1 Å². The highest BCUT2D eigenvalue weighted by atomic mass is 16.5. The molecule has 23 heavy (non-hydrogen) atoms. The van der Waals surface area contributed by atoms with Crippen LogP contribution in [0.2, 0.25) is 0 Å². The minimum Gasteiger partial charge on any atom is -0.493 e. The first kappa shape index (κ1) is 17.1. The van der Waals surface area contributed by atoms with Gasteiger partial charge in [0.2, 0.25) is 0 Å². The molecule has 0 bridgehead atoms. The second kappa shape index (κ2) is 8.38. The molecule has 2 atom stereocenters. The van der Waals surface area contributed by atoms with Crippen LogP contribution in [0, 0.1) is 5.92 Å². The van der Waals surface area contributed by atoms with E-state index in [-0.39, 0.29) is 12.5 Å². The van der Waals surface area contributed by atoms with E-state index in [1.54, 1.807) is 24.3 Å². The highest BCUT2D eigenvalue weighted by Gasteiger charge is 2.31. The first-order chi connectivity index (χ1) is 11.1. The number of carbonyl (C=O) groups is 2. The lowest BCUT2D eigenvalue weighted by Gasteiger charge is -2.28. The van der Waals surface area contributed by atoms with Gasteiger partial charge in [-0.1, -0.05) is 12.1 Å². The number of carboxylic acid groups (broad SMARTS) is 1. The smallest absolute Gasteiger partial charge is 0.326 e. The van der Waals surface area contributed by atoms with Crippen LogP contribution in [-0.4, -0.2) is 50.0 Å². The van der Waals surface area contributed by atoms with E-state index in [2.05, 4.69) is 5.32 Å². The minimum absolute atomic E-state index is 0.225. The van der Waals surface area contributed by atoms with Gasteiger partial charge < -0.3 is 24.6 Å². The van der Waals surface area contributed by atoms with Gasteiger partial charge in [0.1, 0.15) is 6.04 Å². The van der Waals surface area contributed by atoms with E-state index in [0.717, 1.165) is 6.42 Å². The lowest BCUT2D eigenvalue weighted by Crippen LogP contribution is -2.49. The first-order valence-corrected chi connectivity index (χ1v) is 7.47. The lowest BCUT2D eigenvalue weighted by molar-refractivity contribution is -0.145. The van der Waals surface area contributed by atoms with E-state index in [1.165, 1.54) is 7.11 Å². The van der Waals surface area contributed by atoms with Crippen molar-refractivity contribution in [3.05, 3.63) is 24.3 Å². The molecule has 126 valence electrons. The lowest BCUT2D eigenvalue weighted by atomic mass is 9.93. The Morgan fingerprint density at radius 1 is 1.39 bits per heavy atom. The largest absolute Gasteiger partial charge is 0.493 e. The summed E-state index contributed by atoms with van der Waals surface area (Å²) in [4.78, 5) is 23.4. The number of rotatable bonds is 7. The second-order valence-corrected chi connectivity index (χ2v) is 5.30. The molecule has 2 unspecified atom stereocenters. The molecule has 1 saturated heterocycles. The van der Waals surface area contributed by atoms with Crippen LogP contribution in [0.4, 0.5) is 0 Å². The van der Waals surface area contributed by atoms with E-state index in [9.17, 15) is 14.7 Å². The molecule has 1 aromatic carbocycles. The Morgan fingerprint density at radius 2 is 2.13 bits per heavy atom. The molecule has 1 aliphatic heterocycles. The highest BCUT2D eigenvalue weighted by molar-refractivity contribution is 5.84. The maximum Gasteiger partial charge on any atom is 0.326 e. The topological polar surface area (TPSA) is 94.1 Å². The van der Waals surface area contributed by atoms with Crippen LogP contribution in [0.3, 0.4) is 0 Å². The number of amides is 1. The Balaban J connectivity index is 1.90. The van der Waals surface area contributed by atoms with Crippen LogP contribution in [0.5, 0.6) is 11.5 Å². The van der Waals surface area contributed by atoms with Crippen molar-refractivity contribution in [2.75, 3.05) is 26.9 Å². The molecule has 1 fully saturated rings.